The summed E-state index contributed by atoms with van der Waals surface area (Å²) in [6, 6.07) is 0. The van der Waals surface area contributed by atoms with Gasteiger partial charge in [0, 0.05) is 14.1 Å². The van der Waals surface area contributed by atoms with Crippen molar-refractivity contribution in [3.8, 4) is 0 Å². The summed E-state index contributed by atoms with van der Waals surface area (Å²) in [5, 5.41) is 0.597. The second kappa shape index (κ2) is 3.23. The molecule has 0 fully saturated rings. The maximum absolute atomic E-state index is 5.79. The van der Waals surface area contributed by atoms with Gasteiger partial charge < -0.3 is 4.90 Å². The summed E-state index contributed by atoms with van der Waals surface area (Å²) in [6.07, 6.45) is 0. The number of hydrogen-bond donors (Lipinski definition) is 0. The molecule has 1 heterocycles. The van der Waals surface area contributed by atoms with Crippen LogP contribution in [0.2, 0.25) is 5.15 Å². The molecule has 0 amide bonds. The van der Waals surface area contributed by atoms with Crippen molar-refractivity contribution in [2.24, 2.45) is 0 Å². The van der Waals surface area contributed by atoms with Crippen LogP contribution in [0.15, 0.2) is 0 Å². The van der Waals surface area contributed by atoms with Gasteiger partial charge in [-0.3, -0.25) is 0 Å². The van der Waals surface area contributed by atoms with Gasteiger partial charge >= 0.3 is 0 Å². The summed E-state index contributed by atoms with van der Waals surface area (Å²) >= 11 is 9.44. The molecular weight excluding hydrogens is 282 g/mol. The van der Waals surface area contributed by atoms with E-state index in [2.05, 4.69) is 27.0 Å². The number of anilines is 1. The Bertz CT molecular complexity index is 216. The third kappa shape index (κ3) is 1.54. The van der Waals surface area contributed by atoms with Crippen molar-refractivity contribution < 1.29 is 0 Å². The number of aromatic nitrogens is 1. The Morgan fingerprint density at radius 2 is 2.20 bits per heavy atom. The summed E-state index contributed by atoms with van der Waals surface area (Å²) < 4.78 is 5.13. The first-order valence-corrected chi connectivity index (χ1v) is 4.84. The Balaban J connectivity index is 3.10. The van der Waals surface area contributed by atoms with E-state index in [1.807, 2.05) is 19.0 Å². The van der Waals surface area contributed by atoms with Gasteiger partial charge in [-0.1, -0.05) is 11.6 Å². The van der Waals surface area contributed by atoms with E-state index < -0.39 is 0 Å². The molecule has 0 aliphatic rings. The van der Waals surface area contributed by atoms with Crippen LogP contribution in [0.3, 0.4) is 0 Å². The van der Waals surface area contributed by atoms with Crippen LogP contribution in [0.25, 0.3) is 0 Å². The lowest BCUT2D eigenvalue weighted by Gasteiger charge is -2.09. The second-order valence-electron chi connectivity index (χ2n) is 1.99. The Labute approximate surface area is 82.5 Å². The molecule has 1 aromatic heterocycles. The maximum atomic E-state index is 5.79. The number of halogens is 2. The minimum Gasteiger partial charge on any atom is -0.374 e. The molecule has 0 N–H and O–H groups in total. The van der Waals surface area contributed by atoms with Crippen LogP contribution in [0.5, 0.6) is 0 Å². The first-order valence-electron chi connectivity index (χ1n) is 2.61. The normalized spacial score (nSPS) is 10.0. The highest BCUT2D eigenvalue weighted by molar-refractivity contribution is 14.1. The van der Waals surface area contributed by atoms with Crippen LogP contribution in [0.4, 0.5) is 5.69 Å². The van der Waals surface area contributed by atoms with E-state index in [1.165, 1.54) is 11.5 Å². The average Bonchev–Trinajstić information content (AvgIpc) is 2.11. The first kappa shape index (κ1) is 8.55. The monoisotopic (exact) mass is 288 g/mol. The second-order valence-corrected chi connectivity index (χ2v) is 4.93. The van der Waals surface area contributed by atoms with Crippen molar-refractivity contribution >= 4 is 51.4 Å². The molecule has 0 spiro atoms. The van der Waals surface area contributed by atoms with E-state index in [4.69, 9.17) is 11.6 Å². The van der Waals surface area contributed by atoms with Crippen molar-refractivity contribution in [3.05, 3.63) is 8.04 Å². The Morgan fingerprint density at radius 1 is 1.60 bits per heavy atom. The summed E-state index contributed by atoms with van der Waals surface area (Å²) in [4.78, 5) is 1.97. The van der Waals surface area contributed by atoms with Crippen molar-refractivity contribution in [2.75, 3.05) is 19.0 Å². The molecule has 2 nitrogen and oxygen atoms in total. The number of nitrogens with zero attached hydrogens (tertiary/aromatic N) is 2. The molecule has 10 heavy (non-hydrogen) atoms. The SMILES string of the molecule is CN(C)c1c(Cl)nsc1I. The molecule has 0 atom stereocenters. The van der Waals surface area contributed by atoms with Gasteiger partial charge in [0.25, 0.3) is 0 Å². The van der Waals surface area contributed by atoms with E-state index in [1.54, 1.807) is 0 Å². The molecule has 0 bridgehead atoms. The highest BCUT2D eigenvalue weighted by atomic mass is 127. The Kier molecular flexibility index (Phi) is 2.76. The van der Waals surface area contributed by atoms with Crippen LogP contribution in [-0.2, 0) is 0 Å². The predicted molar refractivity (Wildman–Crippen MR) is 54.2 cm³/mol. The molecular formula is C5H6ClIN2S. The zero-order valence-electron chi connectivity index (χ0n) is 5.56. The van der Waals surface area contributed by atoms with Gasteiger partial charge in [0.2, 0.25) is 0 Å². The smallest absolute Gasteiger partial charge is 0.167 e. The fraction of sp³-hybridized carbons (Fsp3) is 0.400. The van der Waals surface area contributed by atoms with Gasteiger partial charge in [0.1, 0.15) is 8.57 Å². The zero-order valence-corrected chi connectivity index (χ0v) is 9.29. The predicted octanol–water partition coefficient (Wildman–Crippen LogP) is 2.47. The lowest BCUT2D eigenvalue weighted by atomic mass is 10.5. The minimum atomic E-state index is 0.597. The molecule has 0 aliphatic carbocycles. The summed E-state index contributed by atoms with van der Waals surface area (Å²) in [7, 11) is 3.91. The van der Waals surface area contributed by atoms with Crippen LogP contribution in [-0.4, -0.2) is 18.5 Å². The van der Waals surface area contributed by atoms with E-state index in [9.17, 15) is 0 Å². The quantitative estimate of drug-likeness (QED) is 0.738. The average molecular weight is 289 g/mol. The van der Waals surface area contributed by atoms with Crippen LogP contribution in [0.1, 0.15) is 0 Å². The molecule has 56 valence electrons. The van der Waals surface area contributed by atoms with E-state index in [0.29, 0.717) is 5.15 Å². The van der Waals surface area contributed by atoms with Crippen LogP contribution in [0, 0.1) is 2.88 Å². The van der Waals surface area contributed by atoms with Gasteiger partial charge in [-0.15, -0.1) is 0 Å². The van der Waals surface area contributed by atoms with E-state index >= 15 is 0 Å². The van der Waals surface area contributed by atoms with Crippen molar-refractivity contribution in [1.29, 1.82) is 0 Å². The maximum Gasteiger partial charge on any atom is 0.167 e. The highest BCUT2D eigenvalue weighted by Crippen LogP contribution is 2.31. The molecule has 0 saturated heterocycles. The first-order chi connectivity index (χ1) is 4.63. The molecule has 5 heteroatoms. The zero-order chi connectivity index (χ0) is 7.72. The summed E-state index contributed by atoms with van der Waals surface area (Å²) in [5.41, 5.74) is 1.02. The minimum absolute atomic E-state index is 0.597. The van der Waals surface area contributed by atoms with Gasteiger partial charge in [0.05, 0.1) is 0 Å². The third-order valence-electron chi connectivity index (χ3n) is 1.03. The van der Waals surface area contributed by atoms with Gasteiger partial charge in [0.15, 0.2) is 5.15 Å². The molecule has 0 aromatic carbocycles. The molecule has 0 radical (unpaired) electrons. The van der Waals surface area contributed by atoms with Gasteiger partial charge in [-0.25, -0.2) is 0 Å². The molecule has 0 unspecified atom stereocenters. The number of rotatable bonds is 1. The van der Waals surface area contributed by atoms with Gasteiger partial charge in [-0.05, 0) is 34.1 Å². The largest absolute Gasteiger partial charge is 0.374 e. The van der Waals surface area contributed by atoms with Crippen molar-refractivity contribution in [3.63, 3.8) is 0 Å². The Hall–Kier alpha value is 0.450. The van der Waals surface area contributed by atoms with Crippen LogP contribution >= 0.6 is 45.7 Å². The highest BCUT2D eigenvalue weighted by Gasteiger charge is 2.10. The van der Waals surface area contributed by atoms with Crippen molar-refractivity contribution in [1.82, 2.24) is 4.37 Å². The Morgan fingerprint density at radius 3 is 2.40 bits per heavy atom. The number of hydrogen-bond acceptors (Lipinski definition) is 3. The fourth-order valence-electron chi connectivity index (χ4n) is 0.608. The van der Waals surface area contributed by atoms with Crippen molar-refractivity contribution in [2.45, 2.75) is 0 Å². The topological polar surface area (TPSA) is 16.1 Å². The molecule has 1 aromatic rings. The molecule has 1 rings (SSSR count). The van der Waals surface area contributed by atoms with Crippen LogP contribution < -0.4 is 4.90 Å². The van der Waals surface area contributed by atoms with Gasteiger partial charge in [-0.2, -0.15) is 4.37 Å². The molecule has 0 aliphatic heterocycles. The summed E-state index contributed by atoms with van der Waals surface area (Å²) in [5.74, 6) is 0. The summed E-state index contributed by atoms with van der Waals surface area (Å²) in [6.45, 7) is 0. The lowest BCUT2D eigenvalue weighted by molar-refractivity contribution is 1.13. The van der Waals surface area contributed by atoms with E-state index in [0.717, 1.165) is 8.57 Å². The molecule has 0 saturated carbocycles. The fourth-order valence-corrected chi connectivity index (χ4v) is 2.84. The lowest BCUT2D eigenvalue weighted by Crippen LogP contribution is -2.09. The third-order valence-corrected chi connectivity index (χ3v) is 3.13. The standard InChI is InChI=1S/C5H6ClIN2S/c1-9(2)3-4(6)8-10-5(3)7/h1-2H3. The van der Waals surface area contributed by atoms with E-state index in [-0.39, 0.29) is 0 Å².